The SMILES string of the molecule is CCCC(=O)C/C(C(=O)O)=C(\C(=O)O)c1ccccc1. The highest BCUT2D eigenvalue weighted by molar-refractivity contribution is 6.22. The molecule has 0 radical (unpaired) electrons. The van der Waals surface area contributed by atoms with Crippen LogP contribution in [0.25, 0.3) is 5.57 Å². The number of aliphatic carboxylic acids is 2. The van der Waals surface area contributed by atoms with E-state index in [2.05, 4.69) is 0 Å². The zero-order valence-electron chi connectivity index (χ0n) is 11.1. The summed E-state index contributed by atoms with van der Waals surface area (Å²) in [6, 6.07) is 7.95. The third-order valence-electron chi connectivity index (χ3n) is 2.74. The lowest BCUT2D eigenvalue weighted by Gasteiger charge is -2.08. The smallest absolute Gasteiger partial charge is 0.336 e. The van der Waals surface area contributed by atoms with E-state index in [1.165, 1.54) is 12.1 Å². The number of carbonyl (C=O) groups excluding carboxylic acids is 1. The molecule has 20 heavy (non-hydrogen) atoms. The number of ketones is 1. The van der Waals surface area contributed by atoms with Gasteiger partial charge in [-0.1, -0.05) is 37.3 Å². The number of carbonyl (C=O) groups is 3. The molecule has 0 heterocycles. The van der Waals surface area contributed by atoms with Crippen molar-refractivity contribution in [3.05, 3.63) is 41.5 Å². The van der Waals surface area contributed by atoms with Crippen molar-refractivity contribution in [2.75, 3.05) is 0 Å². The van der Waals surface area contributed by atoms with Crippen molar-refractivity contribution < 1.29 is 24.6 Å². The van der Waals surface area contributed by atoms with E-state index in [1.54, 1.807) is 25.1 Å². The maximum atomic E-state index is 11.6. The fourth-order valence-electron chi connectivity index (χ4n) is 1.87. The minimum Gasteiger partial charge on any atom is -0.478 e. The second-order valence-corrected chi connectivity index (χ2v) is 4.30. The first-order valence-electron chi connectivity index (χ1n) is 6.24. The molecule has 0 bridgehead atoms. The molecule has 0 saturated heterocycles. The lowest BCUT2D eigenvalue weighted by molar-refractivity contribution is -0.135. The molecular formula is C15H16O5. The van der Waals surface area contributed by atoms with Gasteiger partial charge in [-0.25, -0.2) is 9.59 Å². The number of benzene rings is 1. The lowest BCUT2D eigenvalue weighted by Crippen LogP contribution is -2.14. The normalized spacial score (nSPS) is 11.7. The molecule has 0 spiro atoms. The maximum absolute atomic E-state index is 11.6. The number of carboxylic acids is 2. The summed E-state index contributed by atoms with van der Waals surface area (Å²) >= 11 is 0. The zero-order chi connectivity index (χ0) is 15.1. The molecule has 0 unspecified atom stereocenters. The average molecular weight is 276 g/mol. The summed E-state index contributed by atoms with van der Waals surface area (Å²) in [5.74, 6) is -3.01. The fraction of sp³-hybridized carbons (Fsp3) is 0.267. The Labute approximate surface area is 116 Å². The van der Waals surface area contributed by atoms with E-state index in [-0.39, 0.29) is 35.3 Å². The zero-order valence-corrected chi connectivity index (χ0v) is 11.1. The third-order valence-corrected chi connectivity index (χ3v) is 2.74. The first-order valence-corrected chi connectivity index (χ1v) is 6.24. The molecule has 0 aromatic heterocycles. The van der Waals surface area contributed by atoms with Gasteiger partial charge in [0, 0.05) is 12.8 Å². The van der Waals surface area contributed by atoms with Crippen molar-refractivity contribution >= 4 is 23.3 Å². The number of hydrogen-bond acceptors (Lipinski definition) is 3. The third kappa shape index (κ3) is 4.05. The summed E-state index contributed by atoms with van der Waals surface area (Å²) in [7, 11) is 0. The Bertz CT molecular complexity index is 543. The largest absolute Gasteiger partial charge is 0.478 e. The molecule has 2 N–H and O–H groups in total. The van der Waals surface area contributed by atoms with Gasteiger partial charge in [-0.2, -0.15) is 0 Å². The molecule has 1 aromatic rings. The quantitative estimate of drug-likeness (QED) is 0.746. The molecule has 0 atom stereocenters. The van der Waals surface area contributed by atoms with Gasteiger partial charge in [0.05, 0.1) is 11.1 Å². The van der Waals surface area contributed by atoms with Crippen LogP contribution in [0.15, 0.2) is 35.9 Å². The fourth-order valence-corrected chi connectivity index (χ4v) is 1.87. The van der Waals surface area contributed by atoms with E-state index in [9.17, 15) is 24.6 Å². The van der Waals surface area contributed by atoms with Crippen molar-refractivity contribution in [2.45, 2.75) is 26.2 Å². The molecule has 0 aliphatic rings. The Morgan fingerprint density at radius 2 is 1.60 bits per heavy atom. The topological polar surface area (TPSA) is 91.7 Å². The molecule has 5 heteroatoms. The first kappa shape index (κ1) is 15.6. The van der Waals surface area contributed by atoms with Gasteiger partial charge in [0.1, 0.15) is 5.78 Å². The molecule has 106 valence electrons. The predicted octanol–water partition coefficient (Wildman–Crippen LogP) is 2.37. The molecular weight excluding hydrogens is 260 g/mol. The molecule has 0 aliphatic carbocycles. The van der Waals surface area contributed by atoms with Crippen molar-refractivity contribution in [1.29, 1.82) is 0 Å². The maximum Gasteiger partial charge on any atom is 0.336 e. The van der Waals surface area contributed by atoms with Gasteiger partial charge < -0.3 is 10.2 Å². The molecule has 0 saturated carbocycles. The number of carboxylic acid groups (broad SMARTS) is 2. The Morgan fingerprint density at radius 3 is 2.05 bits per heavy atom. The van der Waals surface area contributed by atoms with Crippen LogP contribution in [0.3, 0.4) is 0 Å². The van der Waals surface area contributed by atoms with E-state index < -0.39 is 11.9 Å². The van der Waals surface area contributed by atoms with Crippen LogP contribution < -0.4 is 0 Å². The van der Waals surface area contributed by atoms with E-state index in [1.807, 2.05) is 0 Å². The van der Waals surface area contributed by atoms with E-state index in [0.29, 0.717) is 6.42 Å². The van der Waals surface area contributed by atoms with Crippen molar-refractivity contribution in [3.63, 3.8) is 0 Å². The molecule has 0 aliphatic heterocycles. The lowest BCUT2D eigenvalue weighted by atomic mass is 9.95. The van der Waals surface area contributed by atoms with Crippen LogP contribution in [-0.2, 0) is 14.4 Å². The Hall–Kier alpha value is -2.43. The van der Waals surface area contributed by atoms with E-state index >= 15 is 0 Å². The Kier molecular flexibility index (Phi) is 5.65. The summed E-state index contributed by atoms with van der Waals surface area (Å²) in [5.41, 5.74) is -0.425. The van der Waals surface area contributed by atoms with Crippen LogP contribution in [0.2, 0.25) is 0 Å². The summed E-state index contributed by atoms with van der Waals surface area (Å²) in [6.45, 7) is 1.80. The highest BCUT2D eigenvalue weighted by atomic mass is 16.4. The average Bonchev–Trinajstić information content (AvgIpc) is 2.39. The van der Waals surface area contributed by atoms with Crippen molar-refractivity contribution in [1.82, 2.24) is 0 Å². The standard InChI is InChI=1S/C15H16O5/c1-2-6-11(16)9-12(14(17)18)13(15(19)20)10-7-4-3-5-8-10/h3-5,7-8H,2,6,9H2,1H3,(H,17,18)(H,19,20)/b13-12+. The van der Waals surface area contributed by atoms with Crippen LogP contribution in [-0.4, -0.2) is 27.9 Å². The van der Waals surface area contributed by atoms with Gasteiger partial charge in [-0.3, -0.25) is 4.79 Å². The number of rotatable bonds is 7. The highest BCUT2D eigenvalue weighted by Gasteiger charge is 2.23. The van der Waals surface area contributed by atoms with Gasteiger partial charge in [0.25, 0.3) is 0 Å². The number of Topliss-reactive ketones (excluding diaryl/α,β-unsaturated/α-hetero) is 1. The minimum absolute atomic E-state index is 0.235. The summed E-state index contributed by atoms with van der Waals surface area (Å²) in [6.07, 6.45) is 0.456. The van der Waals surface area contributed by atoms with E-state index in [0.717, 1.165) is 0 Å². The van der Waals surface area contributed by atoms with Crippen molar-refractivity contribution in [3.8, 4) is 0 Å². The number of hydrogen-bond donors (Lipinski definition) is 2. The summed E-state index contributed by atoms with van der Waals surface area (Å²) in [4.78, 5) is 34.3. The monoisotopic (exact) mass is 276 g/mol. The van der Waals surface area contributed by atoms with Crippen LogP contribution in [0.1, 0.15) is 31.7 Å². The Morgan fingerprint density at radius 1 is 1.00 bits per heavy atom. The van der Waals surface area contributed by atoms with Crippen LogP contribution >= 0.6 is 0 Å². The molecule has 5 nitrogen and oxygen atoms in total. The van der Waals surface area contributed by atoms with Gasteiger partial charge in [-0.05, 0) is 12.0 Å². The second kappa shape index (κ2) is 7.23. The molecule has 1 rings (SSSR count). The molecule has 1 aromatic carbocycles. The predicted molar refractivity (Wildman–Crippen MR) is 73.2 cm³/mol. The van der Waals surface area contributed by atoms with Crippen LogP contribution in [0, 0.1) is 0 Å². The van der Waals surface area contributed by atoms with Crippen LogP contribution in [0.5, 0.6) is 0 Å². The van der Waals surface area contributed by atoms with Gasteiger partial charge >= 0.3 is 11.9 Å². The van der Waals surface area contributed by atoms with E-state index in [4.69, 9.17) is 0 Å². The first-order chi connectivity index (χ1) is 9.47. The van der Waals surface area contributed by atoms with Crippen LogP contribution in [0.4, 0.5) is 0 Å². The summed E-state index contributed by atoms with van der Waals surface area (Å²) in [5, 5.41) is 18.5. The second-order valence-electron chi connectivity index (χ2n) is 4.30. The van der Waals surface area contributed by atoms with Gasteiger partial charge in [0.2, 0.25) is 0 Å². The minimum atomic E-state index is -1.38. The Balaban J connectivity index is 3.31. The summed E-state index contributed by atoms with van der Waals surface area (Å²) < 4.78 is 0. The van der Waals surface area contributed by atoms with Gasteiger partial charge in [-0.15, -0.1) is 0 Å². The molecule has 0 fully saturated rings. The highest BCUT2D eigenvalue weighted by Crippen LogP contribution is 2.22. The molecule has 0 amide bonds. The van der Waals surface area contributed by atoms with Gasteiger partial charge in [0.15, 0.2) is 0 Å². The van der Waals surface area contributed by atoms with Crippen molar-refractivity contribution in [2.24, 2.45) is 0 Å².